The largest absolute Gasteiger partial charge is 0.480 e. The monoisotopic (exact) mass is 281 g/mol. The van der Waals surface area contributed by atoms with Gasteiger partial charge in [-0.3, -0.25) is 4.79 Å². The predicted octanol–water partition coefficient (Wildman–Crippen LogP) is -0.0660. The normalized spacial score (nSPS) is 15.4. The minimum Gasteiger partial charge on any atom is -0.480 e. The second kappa shape index (κ2) is 8.71. The summed E-state index contributed by atoms with van der Waals surface area (Å²) < 4.78 is 9.34. The number of carboxylic acid groups (broad SMARTS) is 1. The van der Waals surface area contributed by atoms with Crippen LogP contribution in [0.2, 0.25) is 0 Å². The van der Waals surface area contributed by atoms with Gasteiger partial charge in [-0.1, -0.05) is 0 Å². The highest BCUT2D eigenvalue weighted by molar-refractivity contribution is 8.00. The summed E-state index contributed by atoms with van der Waals surface area (Å²) in [6.45, 7) is 4.60. The Morgan fingerprint density at radius 1 is 1.44 bits per heavy atom. The maximum Gasteiger partial charge on any atom is 0.321 e. The number of aliphatic hydroxyl groups excluding tert-OH is 1. The first kappa shape index (κ1) is 17.7. The lowest BCUT2D eigenvalue weighted by Gasteiger charge is -2.28. The maximum atomic E-state index is 10.8. The van der Waals surface area contributed by atoms with Crippen LogP contribution in [0.25, 0.3) is 0 Å². The zero-order valence-electron chi connectivity index (χ0n) is 11.1. The van der Waals surface area contributed by atoms with Crippen LogP contribution in [0.5, 0.6) is 0 Å². The molecule has 6 nitrogen and oxygen atoms in total. The minimum atomic E-state index is -1.04. The number of ether oxygens (including phenoxy) is 2. The fourth-order valence-corrected chi connectivity index (χ4v) is 2.11. The molecular formula is C11H23NO5S. The van der Waals surface area contributed by atoms with Gasteiger partial charge in [-0.25, -0.2) is 0 Å². The van der Waals surface area contributed by atoms with Crippen LogP contribution in [0.15, 0.2) is 0 Å². The number of rotatable bonds is 10. The van der Waals surface area contributed by atoms with E-state index in [0.717, 1.165) is 0 Å². The van der Waals surface area contributed by atoms with E-state index in [2.05, 4.69) is 0 Å². The summed E-state index contributed by atoms with van der Waals surface area (Å²) in [4.78, 5) is 10.8. The Labute approximate surface area is 112 Å². The number of hydrogen-bond acceptors (Lipinski definition) is 6. The molecule has 0 saturated heterocycles. The number of aliphatic hydroxyl groups is 1. The van der Waals surface area contributed by atoms with Gasteiger partial charge in [0.25, 0.3) is 0 Å². The molecule has 0 spiro atoms. The molecule has 0 aromatic carbocycles. The van der Waals surface area contributed by atoms with Crippen molar-refractivity contribution in [3.05, 3.63) is 0 Å². The fourth-order valence-electron chi connectivity index (χ4n) is 1.11. The van der Waals surface area contributed by atoms with Crippen molar-refractivity contribution < 1.29 is 24.5 Å². The van der Waals surface area contributed by atoms with E-state index in [1.807, 2.05) is 0 Å². The van der Waals surface area contributed by atoms with E-state index in [4.69, 9.17) is 20.3 Å². The molecule has 108 valence electrons. The Bertz CT molecular complexity index is 250. The van der Waals surface area contributed by atoms with Gasteiger partial charge in [-0.05, 0) is 13.8 Å². The number of thioether (sulfide) groups is 1. The molecule has 0 aromatic rings. The summed E-state index contributed by atoms with van der Waals surface area (Å²) in [5.41, 5.74) is 5.57. The lowest BCUT2D eigenvalue weighted by atomic mass is 10.1. The van der Waals surface area contributed by atoms with E-state index in [1.54, 1.807) is 21.0 Å². The topological polar surface area (TPSA) is 102 Å². The van der Waals surface area contributed by atoms with Crippen LogP contribution in [0.4, 0.5) is 0 Å². The summed E-state index contributed by atoms with van der Waals surface area (Å²) in [5.74, 6) is -0.667. The molecule has 0 rings (SSSR count). The summed E-state index contributed by atoms with van der Waals surface area (Å²) in [6, 6.07) is -0.968. The van der Waals surface area contributed by atoms with Crippen LogP contribution < -0.4 is 5.73 Å². The van der Waals surface area contributed by atoms with E-state index >= 15 is 0 Å². The van der Waals surface area contributed by atoms with Gasteiger partial charge in [0.15, 0.2) is 0 Å². The Morgan fingerprint density at radius 2 is 2.06 bits per heavy atom. The van der Waals surface area contributed by atoms with Gasteiger partial charge in [-0.2, -0.15) is 11.8 Å². The molecule has 0 aliphatic heterocycles. The third kappa shape index (κ3) is 7.17. The van der Waals surface area contributed by atoms with Crippen molar-refractivity contribution in [2.45, 2.75) is 30.7 Å². The first-order chi connectivity index (χ1) is 8.31. The van der Waals surface area contributed by atoms with Crippen molar-refractivity contribution in [3.8, 4) is 0 Å². The zero-order chi connectivity index (χ0) is 14.2. The summed E-state index contributed by atoms with van der Waals surface area (Å²) in [5, 5.41) is 18.5. The number of carboxylic acids is 1. The van der Waals surface area contributed by atoms with Gasteiger partial charge in [0.1, 0.15) is 6.04 Å². The van der Waals surface area contributed by atoms with Gasteiger partial charge in [0.2, 0.25) is 0 Å². The summed E-state index contributed by atoms with van der Waals surface area (Å²) in [7, 11) is 1.57. The van der Waals surface area contributed by atoms with E-state index in [1.165, 1.54) is 11.8 Å². The number of aliphatic carboxylic acids is 1. The molecule has 18 heavy (non-hydrogen) atoms. The molecule has 0 aliphatic carbocycles. The Balaban J connectivity index is 3.89. The number of nitrogens with two attached hydrogens (primary N) is 1. The van der Waals surface area contributed by atoms with Crippen molar-refractivity contribution in [1.29, 1.82) is 0 Å². The standard InChI is InChI=1S/C11H23NO5S/c1-11(2,9(12)10(14)15)18-7-8(13)6-17-5-4-16-3/h8-9,13H,4-7,12H2,1-3H3,(H,14,15)/t8?,9-/m1/s1. The average Bonchev–Trinajstić information content (AvgIpc) is 2.31. The molecule has 0 aliphatic rings. The summed E-state index contributed by atoms with van der Waals surface area (Å²) in [6.07, 6.45) is -0.646. The minimum absolute atomic E-state index is 0.203. The second-order valence-electron chi connectivity index (χ2n) is 4.45. The highest BCUT2D eigenvalue weighted by Gasteiger charge is 2.32. The molecule has 2 atom stereocenters. The van der Waals surface area contributed by atoms with Crippen LogP contribution in [-0.4, -0.2) is 65.8 Å². The SMILES string of the molecule is COCCOCC(O)CSC(C)(C)[C@H](N)C(=O)O. The first-order valence-corrected chi connectivity index (χ1v) is 6.67. The number of methoxy groups -OCH3 is 1. The van der Waals surface area contributed by atoms with Crippen LogP contribution in [-0.2, 0) is 14.3 Å². The van der Waals surface area contributed by atoms with Gasteiger partial charge in [0.05, 0.1) is 25.9 Å². The molecule has 7 heteroatoms. The molecular weight excluding hydrogens is 258 g/mol. The Morgan fingerprint density at radius 3 is 2.56 bits per heavy atom. The van der Waals surface area contributed by atoms with E-state index < -0.39 is 22.9 Å². The van der Waals surface area contributed by atoms with Crippen LogP contribution in [0.3, 0.4) is 0 Å². The van der Waals surface area contributed by atoms with Crippen LogP contribution in [0, 0.1) is 0 Å². The first-order valence-electron chi connectivity index (χ1n) is 5.68. The van der Waals surface area contributed by atoms with Crippen LogP contribution in [0.1, 0.15) is 13.8 Å². The Hall–Kier alpha value is -0.340. The molecule has 4 N–H and O–H groups in total. The molecule has 0 saturated carbocycles. The molecule has 1 unspecified atom stereocenters. The predicted molar refractivity (Wildman–Crippen MR) is 70.9 cm³/mol. The molecule has 0 radical (unpaired) electrons. The number of carbonyl (C=O) groups is 1. The molecule has 0 heterocycles. The van der Waals surface area contributed by atoms with Gasteiger partial charge in [-0.15, -0.1) is 0 Å². The third-order valence-electron chi connectivity index (χ3n) is 2.40. The lowest BCUT2D eigenvalue weighted by molar-refractivity contribution is -0.139. The Kier molecular flexibility index (Phi) is 8.54. The molecule has 0 aromatic heterocycles. The van der Waals surface area contributed by atoms with Crippen molar-refractivity contribution in [2.75, 3.05) is 32.7 Å². The van der Waals surface area contributed by atoms with Crippen molar-refractivity contribution in [2.24, 2.45) is 5.73 Å². The van der Waals surface area contributed by atoms with Gasteiger partial charge >= 0.3 is 5.97 Å². The molecule has 0 amide bonds. The third-order valence-corrected chi connectivity index (χ3v) is 3.95. The van der Waals surface area contributed by atoms with Gasteiger partial charge < -0.3 is 25.4 Å². The van der Waals surface area contributed by atoms with Gasteiger partial charge in [0, 0.05) is 17.6 Å². The zero-order valence-corrected chi connectivity index (χ0v) is 11.9. The van der Waals surface area contributed by atoms with E-state index in [0.29, 0.717) is 19.0 Å². The highest BCUT2D eigenvalue weighted by atomic mass is 32.2. The van der Waals surface area contributed by atoms with E-state index in [-0.39, 0.29) is 6.61 Å². The maximum absolute atomic E-state index is 10.8. The van der Waals surface area contributed by atoms with Crippen molar-refractivity contribution in [1.82, 2.24) is 0 Å². The number of hydrogen-bond donors (Lipinski definition) is 3. The van der Waals surface area contributed by atoms with Crippen LogP contribution >= 0.6 is 11.8 Å². The van der Waals surface area contributed by atoms with E-state index in [9.17, 15) is 9.90 Å². The van der Waals surface area contributed by atoms with Crippen molar-refractivity contribution in [3.63, 3.8) is 0 Å². The molecule has 0 bridgehead atoms. The quantitative estimate of drug-likeness (QED) is 0.482. The average molecular weight is 281 g/mol. The molecule has 0 fully saturated rings. The smallest absolute Gasteiger partial charge is 0.321 e. The highest BCUT2D eigenvalue weighted by Crippen LogP contribution is 2.28. The second-order valence-corrected chi connectivity index (χ2v) is 6.13. The van der Waals surface area contributed by atoms with Crippen molar-refractivity contribution >= 4 is 17.7 Å². The fraction of sp³-hybridized carbons (Fsp3) is 0.909. The lowest BCUT2D eigenvalue weighted by Crippen LogP contribution is -2.47. The summed E-state index contributed by atoms with van der Waals surface area (Å²) >= 11 is 1.32.